The zero-order chi connectivity index (χ0) is 13.8. The smallest absolute Gasteiger partial charge is 0.163 e. The summed E-state index contributed by atoms with van der Waals surface area (Å²) in [7, 11) is 0. The Balaban J connectivity index is 2.20. The van der Waals surface area contributed by atoms with Crippen molar-refractivity contribution < 1.29 is 13.9 Å². The third-order valence-electron chi connectivity index (χ3n) is 2.86. The summed E-state index contributed by atoms with van der Waals surface area (Å²) in [5, 5.41) is 0. The van der Waals surface area contributed by atoms with Gasteiger partial charge < -0.3 is 4.74 Å². The van der Waals surface area contributed by atoms with Gasteiger partial charge in [-0.3, -0.25) is 4.79 Å². The number of carbonyl (C=O) groups is 1. The van der Waals surface area contributed by atoms with E-state index in [2.05, 4.69) is 0 Å². The molecule has 0 aliphatic rings. The number of Topliss-reactive ketones (excluding diaryl/α,β-unsaturated/α-hetero) is 1. The Labute approximate surface area is 111 Å². The number of carbonyl (C=O) groups excluding carboxylic acids is 1. The van der Waals surface area contributed by atoms with E-state index in [9.17, 15) is 9.18 Å². The van der Waals surface area contributed by atoms with Crippen molar-refractivity contribution in [2.45, 2.75) is 20.5 Å². The van der Waals surface area contributed by atoms with E-state index in [1.54, 1.807) is 30.3 Å². The zero-order valence-corrected chi connectivity index (χ0v) is 10.9. The maximum absolute atomic E-state index is 13.5. The van der Waals surface area contributed by atoms with Crippen molar-refractivity contribution in [1.29, 1.82) is 0 Å². The predicted octanol–water partition coefficient (Wildman–Crippen LogP) is 3.92. The third-order valence-corrected chi connectivity index (χ3v) is 2.86. The van der Waals surface area contributed by atoms with Crippen molar-refractivity contribution in [2.75, 3.05) is 0 Å². The minimum Gasteiger partial charge on any atom is -0.488 e. The highest BCUT2D eigenvalue weighted by Gasteiger charge is 2.10. The van der Waals surface area contributed by atoms with Crippen LogP contribution >= 0.6 is 0 Å². The molecule has 0 fully saturated rings. The Hall–Kier alpha value is -2.16. The van der Waals surface area contributed by atoms with Crippen LogP contribution in [0.5, 0.6) is 5.75 Å². The first kappa shape index (κ1) is 13.3. The molecule has 19 heavy (non-hydrogen) atoms. The molecular weight excluding hydrogens is 243 g/mol. The topological polar surface area (TPSA) is 26.3 Å². The van der Waals surface area contributed by atoms with Gasteiger partial charge in [0.1, 0.15) is 18.2 Å². The normalized spacial score (nSPS) is 10.3. The van der Waals surface area contributed by atoms with E-state index in [0.717, 1.165) is 5.56 Å². The maximum atomic E-state index is 13.5. The average molecular weight is 258 g/mol. The molecule has 0 aromatic heterocycles. The van der Waals surface area contributed by atoms with Crippen LogP contribution in [0.15, 0.2) is 42.5 Å². The van der Waals surface area contributed by atoms with Crippen molar-refractivity contribution in [1.82, 2.24) is 0 Å². The molecule has 98 valence electrons. The first-order valence-corrected chi connectivity index (χ1v) is 6.05. The van der Waals surface area contributed by atoms with E-state index in [0.29, 0.717) is 16.9 Å². The molecule has 0 aliphatic heterocycles. The number of hydrogen-bond donors (Lipinski definition) is 0. The predicted molar refractivity (Wildman–Crippen MR) is 71.9 cm³/mol. The molecule has 2 aromatic rings. The summed E-state index contributed by atoms with van der Waals surface area (Å²) < 4.78 is 19.0. The molecule has 3 heteroatoms. The number of benzene rings is 2. The highest BCUT2D eigenvalue weighted by molar-refractivity contribution is 5.97. The van der Waals surface area contributed by atoms with Crippen molar-refractivity contribution in [3.8, 4) is 5.75 Å². The largest absolute Gasteiger partial charge is 0.488 e. The monoisotopic (exact) mass is 258 g/mol. The van der Waals surface area contributed by atoms with Gasteiger partial charge in [-0.05, 0) is 32.0 Å². The fourth-order valence-corrected chi connectivity index (χ4v) is 1.82. The second-order valence-corrected chi connectivity index (χ2v) is 4.44. The van der Waals surface area contributed by atoms with Crippen LogP contribution in [0.1, 0.15) is 28.4 Å². The highest BCUT2D eigenvalue weighted by atomic mass is 19.1. The van der Waals surface area contributed by atoms with Crippen LogP contribution in [0.3, 0.4) is 0 Å². The van der Waals surface area contributed by atoms with Crippen molar-refractivity contribution in [3.63, 3.8) is 0 Å². The van der Waals surface area contributed by atoms with Crippen LogP contribution < -0.4 is 4.74 Å². The molecule has 0 saturated carbocycles. The van der Waals surface area contributed by atoms with Gasteiger partial charge in [-0.1, -0.05) is 29.8 Å². The van der Waals surface area contributed by atoms with Crippen LogP contribution in [0.2, 0.25) is 0 Å². The fourth-order valence-electron chi connectivity index (χ4n) is 1.82. The van der Waals surface area contributed by atoms with E-state index in [1.165, 1.54) is 13.0 Å². The van der Waals surface area contributed by atoms with Crippen LogP contribution in [-0.4, -0.2) is 5.78 Å². The zero-order valence-electron chi connectivity index (χ0n) is 10.9. The summed E-state index contributed by atoms with van der Waals surface area (Å²) in [5.74, 6) is 0.118. The minimum atomic E-state index is -0.306. The summed E-state index contributed by atoms with van der Waals surface area (Å²) in [5.41, 5.74) is 1.98. The summed E-state index contributed by atoms with van der Waals surface area (Å²) in [6.45, 7) is 3.51. The summed E-state index contributed by atoms with van der Waals surface area (Å²) in [4.78, 5) is 11.5. The summed E-state index contributed by atoms with van der Waals surface area (Å²) in [6, 6.07) is 11.8. The van der Waals surface area contributed by atoms with E-state index in [-0.39, 0.29) is 18.2 Å². The SMILES string of the molecule is CC(=O)c1cc(C)ccc1OCc1ccccc1F. The molecule has 0 atom stereocenters. The van der Waals surface area contributed by atoms with Crippen molar-refractivity contribution in [3.05, 3.63) is 65.0 Å². The molecule has 0 unspecified atom stereocenters. The number of aryl methyl sites for hydroxylation is 1. The Morgan fingerprint density at radius 1 is 1.21 bits per heavy atom. The van der Waals surface area contributed by atoms with Gasteiger partial charge in [0.2, 0.25) is 0 Å². The first-order valence-electron chi connectivity index (χ1n) is 6.05. The molecule has 0 N–H and O–H groups in total. The van der Waals surface area contributed by atoms with Gasteiger partial charge in [-0.25, -0.2) is 4.39 Å². The van der Waals surface area contributed by atoms with Crippen LogP contribution in [0, 0.1) is 12.7 Å². The Morgan fingerprint density at radius 2 is 1.95 bits per heavy atom. The number of hydrogen-bond acceptors (Lipinski definition) is 2. The lowest BCUT2D eigenvalue weighted by Gasteiger charge is -2.11. The lowest BCUT2D eigenvalue weighted by molar-refractivity contribution is 0.101. The molecular formula is C16H15FO2. The maximum Gasteiger partial charge on any atom is 0.163 e. The van der Waals surface area contributed by atoms with Gasteiger partial charge in [0.25, 0.3) is 0 Å². The van der Waals surface area contributed by atoms with Gasteiger partial charge >= 0.3 is 0 Å². The molecule has 2 nitrogen and oxygen atoms in total. The summed E-state index contributed by atoms with van der Waals surface area (Å²) >= 11 is 0. The molecule has 0 amide bonds. The van der Waals surface area contributed by atoms with Gasteiger partial charge in [-0.2, -0.15) is 0 Å². The molecule has 2 aromatic carbocycles. The molecule has 0 radical (unpaired) electrons. The van der Waals surface area contributed by atoms with E-state index in [1.807, 2.05) is 13.0 Å². The lowest BCUT2D eigenvalue weighted by atomic mass is 10.1. The van der Waals surface area contributed by atoms with Gasteiger partial charge in [-0.15, -0.1) is 0 Å². The van der Waals surface area contributed by atoms with E-state index >= 15 is 0 Å². The molecule has 0 saturated heterocycles. The Bertz CT molecular complexity index is 605. The van der Waals surface area contributed by atoms with Crippen LogP contribution in [0.4, 0.5) is 4.39 Å². The highest BCUT2D eigenvalue weighted by Crippen LogP contribution is 2.22. The molecule has 0 bridgehead atoms. The Kier molecular flexibility index (Phi) is 3.95. The number of halogens is 1. The van der Waals surface area contributed by atoms with Crippen LogP contribution in [-0.2, 0) is 6.61 Å². The number of rotatable bonds is 4. The van der Waals surface area contributed by atoms with Gasteiger partial charge in [0.05, 0.1) is 5.56 Å². The number of ether oxygens (including phenoxy) is 1. The van der Waals surface area contributed by atoms with Crippen molar-refractivity contribution >= 4 is 5.78 Å². The minimum absolute atomic E-state index is 0.0627. The second kappa shape index (κ2) is 5.65. The average Bonchev–Trinajstić information content (AvgIpc) is 2.38. The quantitative estimate of drug-likeness (QED) is 0.777. The van der Waals surface area contributed by atoms with Gasteiger partial charge in [0, 0.05) is 5.56 Å². The second-order valence-electron chi connectivity index (χ2n) is 4.44. The lowest BCUT2D eigenvalue weighted by Crippen LogP contribution is -2.03. The standard InChI is InChI=1S/C16H15FO2/c1-11-7-8-16(14(9-11)12(2)18)19-10-13-5-3-4-6-15(13)17/h3-9H,10H2,1-2H3. The molecule has 0 heterocycles. The van der Waals surface area contributed by atoms with Crippen LogP contribution in [0.25, 0.3) is 0 Å². The van der Waals surface area contributed by atoms with E-state index in [4.69, 9.17) is 4.74 Å². The summed E-state index contributed by atoms with van der Waals surface area (Å²) in [6.07, 6.45) is 0. The van der Waals surface area contributed by atoms with E-state index < -0.39 is 0 Å². The molecule has 0 aliphatic carbocycles. The number of ketones is 1. The van der Waals surface area contributed by atoms with Gasteiger partial charge in [0.15, 0.2) is 5.78 Å². The Morgan fingerprint density at radius 3 is 2.63 bits per heavy atom. The molecule has 2 rings (SSSR count). The van der Waals surface area contributed by atoms with Crippen molar-refractivity contribution in [2.24, 2.45) is 0 Å². The fraction of sp³-hybridized carbons (Fsp3) is 0.188. The molecule has 0 spiro atoms. The first-order chi connectivity index (χ1) is 9.08. The third kappa shape index (κ3) is 3.19.